The summed E-state index contributed by atoms with van der Waals surface area (Å²) in [4.78, 5) is 0. The molecule has 0 fully saturated rings. The SMILES string of the molecule is CCOCCCC(CO)Cc1ccc(OC)cc1. The van der Waals surface area contributed by atoms with Crippen molar-refractivity contribution < 1.29 is 14.6 Å². The topological polar surface area (TPSA) is 38.7 Å². The molecule has 0 aliphatic carbocycles. The zero-order valence-electron chi connectivity index (χ0n) is 11.4. The van der Waals surface area contributed by atoms with E-state index in [0.29, 0.717) is 5.92 Å². The van der Waals surface area contributed by atoms with Crippen LogP contribution < -0.4 is 4.74 Å². The van der Waals surface area contributed by atoms with Crippen LogP contribution in [0.3, 0.4) is 0 Å². The zero-order chi connectivity index (χ0) is 13.2. The standard InChI is InChI=1S/C15H24O3/c1-3-18-10-4-5-14(12-16)11-13-6-8-15(17-2)9-7-13/h6-9,14,16H,3-5,10-12H2,1-2H3. The van der Waals surface area contributed by atoms with Crippen LogP contribution in [-0.4, -0.2) is 32.0 Å². The van der Waals surface area contributed by atoms with Gasteiger partial charge in [0.05, 0.1) is 7.11 Å². The summed E-state index contributed by atoms with van der Waals surface area (Å²) in [7, 11) is 1.67. The van der Waals surface area contributed by atoms with Gasteiger partial charge in [0, 0.05) is 19.8 Å². The van der Waals surface area contributed by atoms with Gasteiger partial charge in [-0.25, -0.2) is 0 Å². The summed E-state index contributed by atoms with van der Waals surface area (Å²) >= 11 is 0. The second-order valence-electron chi connectivity index (χ2n) is 4.44. The molecule has 1 aromatic carbocycles. The first-order valence-electron chi connectivity index (χ1n) is 6.61. The first kappa shape index (κ1) is 15.0. The van der Waals surface area contributed by atoms with E-state index >= 15 is 0 Å². The van der Waals surface area contributed by atoms with E-state index in [9.17, 15) is 5.11 Å². The lowest BCUT2D eigenvalue weighted by Crippen LogP contribution is -2.11. The van der Waals surface area contributed by atoms with Gasteiger partial charge in [-0.3, -0.25) is 0 Å². The Bertz CT molecular complexity index is 308. The summed E-state index contributed by atoms with van der Waals surface area (Å²) in [6.45, 7) is 3.79. The molecule has 0 amide bonds. The predicted molar refractivity (Wildman–Crippen MR) is 73.0 cm³/mol. The molecule has 0 saturated carbocycles. The van der Waals surface area contributed by atoms with E-state index < -0.39 is 0 Å². The van der Waals surface area contributed by atoms with E-state index in [-0.39, 0.29) is 6.61 Å². The molecule has 0 aliphatic heterocycles. The van der Waals surface area contributed by atoms with Gasteiger partial charge in [0.1, 0.15) is 5.75 Å². The number of aliphatic hydroxyl groups excluding tert-OH is 1. The highest BCUT2D eigenvalue weighted by Gasteiger charge is 2.08. The number of hydrogen-bond acceptors (Lipinski definition) is 3. The van der Waals surface area contributed by atoms with Gasteiger partial charge in [0.25, 0.3) is 0 Å². The Labute approximate surface area is 110 Å². The van der Waals surface area contributed by atoms with Crippen molar-refractivity contribution in [2.24, 2.45) is 5.92 Å². The van der Waals surface area contributed by atoms with Gasteiger partial charge in [-0.05, 0) is 49.8 Å². The lowest BCUT2D eigenvalue weighted by molar-refractivity contribution is 0.132. The second-order valence-corrected chi connectivity index (χ2v) is 4.44. The van der Waals surface area contributed by atoms with E-state index in [2.05, 4.69) is 12.1 Å². The molecule has 3 nitrogen and oxygen atoms in total. The quantitative estimate of drug-likeness (QED) is 0.687. The molecule has 0 bridgehead atoms. The number of hydrogen-bond donors (Lipinski definition) is 1. The fourth-order valence-electron chi connectivity index (χ4n) is 1.97. The van der Waals surface area contributed by atoms with Crippen LogP contribution in [0.15, 0.2) is 24.3 Å². The van der Waals surface area contributed by atoms with Crippen molar-refractivity contribution in [1.82, 2.24) is 0 Å². The van der Waals surface area contributed by atoms with Crippen molar-refractivity contribution in [3.63, 3.8) is 0 Å². The van der Waals surface area contributed by atoms with Crippen molar-refractivity contribution in [3.05, 3.63) is 29.8 Å². The monoisotopic (exact) mass is 252 g/mol. The number of methoxy groups -OCH3 is 1. The lowest BCUT2D eigenvalue weighted by atomic mass is 9.95. The van der Waals surface area contributed by atoms with Gasteiger partial charge in [-0.2, -0.15) is 0 Å². The molecule has 102 valence electrons. The molecule has 1 N–H and O–H groups in total. The van der Waals surface area contributed by atoms with Crippen LogP contribution in [0.1, 0.15) is 25.3 Å². The minimum absolute atomic E-state index is 0.234. The van der Waals surface area contributed by atoms with Crippen molar-refractivity contribution in [2.75, 3.05) is 26.9 Å². The van der Waals surface area contributed by atoms with E-state index in [0.717, 1.165) is 38.2 Å². The molecule has 3 heteroatoms. The van der Waals surface area contributed by atoms with Gasteiger partial charge < -0.3 is 14.6 Å². The Balaban J connectivity index is 2.36. The summed E-state index contributed by atoms with van der Waals surface area (Å²) in [6, 6.07) is 8.04. The number of aliphatic hydroxyl groups is 1. The highest BCUT2D eigenvalue weighted by atomic mass is 16.5. The molecule has 0 aromatic heterocycles. The van der Waals surface area contributed by atoms with Crippen molar-refractivity contribution in [3.8, 4) is 5.75 Å². The van der Waals surface area contributed by atoms with Crippen LogP contribution in [0.2, 0.25) is 0 Å². The molecule has 1 unspecified atom stereocenters. The third-order valence-electron chi connectivity index (χ3n) is 3.05. The van der Waals surface area contributed by atoms with Crippen LogP contribution in [0.5, 0.6) is 5.75 Å². The highest BCUT2D eigenvalue weighted by Crippen LogP contribution is 2.17. The Hall–Kier alpha value is -1.06. The first-order chi connectivity index (χ1) is 8.80. The van der Waals surface area contributed by atoms with E-state index in [4.69, 9.17) is 9.47 Å². The molecule has 1 atom stereocenters. The molecular formula is C15H24O3. The Morgan fingerprint density at radius 3 is 2.50 bits per heavy atom. The molecule has 1 rings (SSSR count). The molecule has 0 radical (unpaired) electrons. The van der Waals surface area contributed by atoms with Gasteiger partial charge in [-0.15, -0.1) is 0 Å². The largest absolute Gasteiger partial charge is 0.497 e. The summed E-state index contributed by atoms with van der Waals surface area (Å²) < 4.78 is 10.4. The van der Waals surface area contributed by atoms with Crippen molar-refractivity contribution in [1.29, 1.82) is 0 Å². The van der Waals surface area contributed by atoms with Crippen LogP contribution in [0, 0.1) is 5.92 Å². The molecule has 0 saturated heterocycles. The average molecular weight is 252 g/mol. The first-order valence-corrected chi connectivity index (χ1v) is 6.61. The normalized spacial score (nSPS) is 12.4. The maximum atomic E-state index is 9.38. The van der Waals surface area contributed by atoms with Gasteiger partial charge in [0.15, 0.2) is 0 Å². The minimum atomic E-state index is 0.234. The molecule has 18 heavy (non-hydrogen) atoms. The van der Waals surface area contributed by atoms with Gasteiger partial charge in [0.2, 0.25) is 0 Å². The fourth-order valence-corrected chi connectivity index (χ4v) is 1.97. The third-order valence-corrected chi connectivity index (χ3v) is 3.05. The van der Waals surface area contributed by atoms with Crippen LogP contribution in [0.25, 0.3) is 0 Å². The van der Waals surface area contributed by atoms with Crippen LogP contribution >= 0.6 is 0 Å². The predicted octanol–water partition coefficient (Wildman–Crippen LogP) is 2.66. The average Bonchev–Trinajstić information content (AvgIpc) is 2.43. The number of ether oxygens (including phenoxy) is 2. The molecule has 0 aliphatic rings. The van der Waals surface area contributed by atoms with E-state index in [1.807, 2.05) is 19.1 Å². The lowest BCUT2D eigenvalue weighted by Gasteiger charge is -2.14. The Morgan fingerprint density at radius 2 is 1.94 bits per heavy atom. The van der Waals surface area contributed by atoms with Crippen LogP contribution in [-0.2, 0) is 11.2 Å². The Morgan fingerprint density at radius 1 is 1.22 bits per heavy atom. The maximum absolute atomic E-state index is 9.38. The van der Waals surface area contributed by atoms with Crippen molar-refractivity contribution >= 4 is 0 Å². The van der Waals surface area contributed by atoms with Gasteiger partial charge >= 0.3 is 0 Å². The molecular weight excluding hydrogens is 228 g/mol. The van der Waals surface area contributed by atoms with E-state index in [1.54, 1.807) is 7.11 Å². The molecule has 1 aromatic rings. The highest BCUT2D eigenvalue weighted by molar-refractivity contribution is 5.27. The summed E-state index contributed by atoms with van der Waals surface area (Å²) in [5, 5.41) is 9.38. The number of rotatable bonds is 9. The Kier molecular flexibility index (Phi) is 7.46. The maximum Gasteiger partial charge on any atom is 0.118 e. The smallest absolute Gasteiger partial charge is 0.118 e. The number of benzene rings is 1. The zero-order valence-corrected chi connectivity index (χ0v) is 11.4. The van der Waals surface area contributed by atoms with Crippen molar-refractivity contribution in [2.45, 2.75) is 26.2 Å². The second kappa shape index (κ2) is 8.95. The summed E-state index contributed by atoms with van der Waals surface area (Å²) in [5.74, 6) is 1.19. The third kappa shape index (κ3) is 5.52. The van der Waals surface area contributed by atoms with E-state index in [1.165, 1.54) is 5.56 Å². The molecule has 0 spiro atoms. The fraction of sp³-hybridized carbons (Fsp3) is 0.600. The molecule has 0 heterocycles. The summed E-state index contributed by atoms with van der Waals surface area (Å²) in [5.41, 5.74) is 1.24. The summed E-state index contributed by atoms with van der Waals surface area (Å²) in [6.07, 6.45) is 2.92. The van der Waals surface area contributed by atoms with Gasteiger partial charge in [-0.1, -0.05) is 12.1 Å². The minimum Gasteiger partial charge on any atom is -0.497 e. The van der Waals surface area contributed by atoms with Crippen LogP contribution in [0.4, 0.5) is 0 Å².